The molecule has 1 fully saturated rings. The number of nitrogens with one attached hydrogen (secondary N) is 2. The minimum Gasteiger partial charge on any atom is -0.508 e. The van der Waals surface area contributed by atoms with Crippen LogP contribution in [-0.2, 0) is 32.0 Å². The Morgan fingerprint density at radius 2 is 1.64 bits per heavy atom. The molecule has 3 amide bonds. The van der Waals surface area contributed by atoms with Crippen LogP contribution >= 0.6 is 0 Å². The Morgan fingerprint density at radius 3 is 2.26 bits per heavy atom. The molecule has 0 aliphatic carbocycles. The van der Waals surface area contributed by atoms with Crippen LogP contribution in [-0.4, -0.2) is 69.5 Å². The summed E-state index contributed by atoms with van der Waals surface area (Å²) in [5, 5.41) is 24.6. The Balaban J connectivity index is 1.78. The Bertz CT molecular complexity index is 1140. The van der Waals surface area contributed by atoms with E-state index in [0.717, 1.165) is 5.56 Å². The van der Waals surface area contributed by atoms with E-state index in [1.165, 1.54) is 17.0 Å². The maximum Gasteiger partial charge on any atom is 0.326 e. The van der Waals surface area contributed by atoms with E-state index in [2.05, 4.69) is 10.6 Å². The first-order valence-corrected chi connectivity index (χ1v) is 13.3. The molecule has 2 aromatic rings. The predicted molar refractivity (Wildman–Crippen MR) is 146 cm³/mol. The van der Waals surface area contributed by atoms with Gasteiger partial charge in [-0.3, -0.25) is 14.4 Å². The quantitative estimate of drug-likeness (QED) is 0.274. The molecule has 1 aliphatic heterocycles. The molecule has 39 heavy (non-hydrogen) atoms. The van der Waals surface area contributed by atoms with Gasteiger partial charge in [0, 0.05) is 13.0 Å². The first-order valence-electron chi connectivity index (χ1n) is 13.3. The molecule has 0 saturated carbocycles. The van der Waals surface area contributed by atoms with Gasteiger partial charge in [-0.25, -0.2) is 4.79 Å². The maximum absolute atomic E-state index is 13.8. The number of amides is 3. The minimum atomic E-state index is -1.13. The number of hydrogen-bond acceptors (Lipinski definition) is 6. The van der Waals surface area contributed by atoms with Gasteiger partial charge in [0.2, 0.25) is 17.7 Å². The van der Waals surface area contributed by atoms with Crippen molar-refractivity contribution in [3.63, 3.8) is 0 Å². The number of phenolic OH excluding ortho intramolecular Hbond substituents is 1. The van der Waals surface area contributed by atoms with Gasteiger partial charge >= 0.3 is 5.97 Å². The third-order valence-electron chi connectivity index (χ3n) is 7.24. The lowest BCUT2D eigenvalue weighted by Gasteiger charge is -2.30. The summed E-state index contributed by atoms with van der Waals surface area (Å²) in [6, 6.07) is 11.8. The van der Waals surface area contributed by atoms with Crippen molar-refractivity contribution in [1.82, 2.24) is 15.5 Å². The molecule has 1 aliphatic rings. The zero-order valence-electron chi connectivity index (χ0n) is 22.4. The zero-order chi connectivity index (χ0) is 28.5. The number of carboxylic acids is 1. The molecule has 0 aromatic heterocycles. The van der Waals surface area contributed by atoms with Gasteiger partial charge in [-0.1, -0.05) is 62.7 Å². The minimum absolute atomic E-state index is 0.0705. The molecule has 2 aromatic carbocycles. The molecule has 210 valence electrons. The summed E-state index contributed by atoms with van der Waals surface area (Å²) in [7, 11) is 0. The molecule has 1 saturated heterocycles. The standard InChI is InChI=1S/C29H38N4O6/c1-3-18(2)25(29(38)39)32-27(36)24-10-7-15-33(24)28(37)23(17-20-11-13-21(34)14-12-20)31-26(35)22(30)16-19-8-5-4-6-9-19/h4-6,8-9,11-14,18,22-25,34H,3,7,10,15-17,30H2,1-2H3,(H,31,35)(H,32,36)(H,38,39). The summed E-state index contributed by atoms with van der Waals surface area (Å²) in [4.78, 5) is 53.2. The van der Waals surface area contributed by atoms with Crippen LogP contribution in [0.4, 0.5) is 0 Å². The van der Waals surface area contributed by atoms with Crippen LogP contribution in [0.2, 0.25) is 0 Å². The van der Waals surface area contributed by atoms with Crippen LogP contribution < -0.4 is 16.4 Å². The highest BCUT2D eigenvalue weighted by Gasteiger charge is 2.39. The average Bonchev–Trinajstić information content (AvgIpc) is 3.42. The van der Waals surface area contributed by atoms with Crippen molar-refractivity contribution in [3.8, 4) is 5.75 Å². The normalized spacial score (nSPS) is 18.0. The highest BCUT2D eigenvalue weighted by atomic mass is 16.4. The molecular weight excluding hydrogens is 500 g/mol. The molecule has 5 atom stereocenters. The number of nitrogens with two attached hydrogens (primary N) is 1. The van der Waals surface area contributed by atoms with E-state index >= 15 is 0 Å². The molecule has 10 nitrogen and oxygen atoms in total. The van der Waals surface area contributed by atoms with Gasteiger partial charge in [0.15, 0.2) is 0 Å². The van der Waals surface area contributed by atoms with Crippen LogP contribution in [0.25, 0.3) is 0 Å². The number of nitrogens with zero attached hydrogens (tertiary/aromatic N) is 1. The highest BCUT2D eigenvalue weighted by molar-refractivity contribution is 5.94. The van der Waals surface area contributed by atoms with Crippen LogP contribution in [0.5, 0.6) is 5.75 Å². The van der Waals surface area contributed by atoms with Gasteiger partial charge in [0.25, 0.3) is 0 Å². The summed E-state index contributed by atoms with van der Waals surface area (Å²) < 4.78 is 0. The average molecular weight is 539 g/mol. The molecule has 5 unspecified atom stereocenters. The van der Waals surface area contributed by atoms with Gasteiger partial charge in [-0.2, -0.15) is 0 Å². The van der Waals surface area contributed by atoms with Gasteiger partial charge in [-0.05, 0) is 48.4 Å². The third-order valence-corrected chi connectivity index (χ3v) is 7.24. The first kappa shape index (κ1) is 29.6. The molecule has 3 rings (SSSR count). The molecule has 6 N–H and O–H groups in total. The van der Waals surface area contributed by atoms with Gasteiger partial charge in [0.1, 0.15) is 23.9 Å². The number of aliphatic carboxylic acids is 1. The zero-order valence-corrected chi connectivity index (χ0v) is 22.4. The molecule has 10 heteroatoms. The molecule has 1 heterocycles. The van der Waals surface area contributed by atoms with Crippen molar-refractivity contribution in [1.29, 1.82) is 0 Å². The van der Waals surface area contributed by atoms with E-state index < -0.39 is 47.9 Å². The lowest BCUT2D eigenvalue weighted by Crippen LogP contribution is -2.58. The summed E-state index contributed by atoms with van der Waals surface area (Å²) >= 11 is 0. The molecule has 0 spiro atoms. The van der Waals surface area contributed by atoms with E-state index in [4.69, 9.17) is 5.73 Å². The summed E-state index contributed by atoms with van der Waals surface area (Å²) in [5.41, 5.74) is 7.76. The number of rotatable bonds is 12. The van der Waals surface area contributed by atoms with Crippen molar-refractivity contribution in [2.24, 2.45) is 11.7 Å². The Labute approximate surface area is 228 Å². The second-order valence-corrected chi connectivity index (χ2v) is 10.1. The summed E-state index contributed by atoms with van der Waals surface area (Å²) in [6.07, 6.45) is 1.93. The fraction of sp³-hybridized carbons (Fsp3) is 0.448. The first-order chi connectivity index (χ1) is 18.6. The number of carboxylic acid groups (broad SMARTS) is 1. The van der Waals surface area contributed by atoms with Crippen LogP contribution in [0.3, 0.4) is 0 Å². The second kappa shape index (κ2) is 13.7. The van der Waals surface area contributed by atoms with Crippen molar-refractivity contribution in [3.05, 3.63) is 65.7 Å². The van der Waals surface area contributed by atoms with Crippen LogP contribution in [0, 0.1) is 5.92 Å². The maximum atomic E-state index is 13.8. The number of benzene rings is 2. The van der Waals surface area contributed by atoms with Gasteiger partial charge < -0.3 is 31.5 Å². The number of aromatic hydroxyl groups is 1. The predicted octanol–water partition coefficient (Wildman–Crippen LogP) is 1.60. The SMILES string of the molecule is CCC(C)C(NC(=O)C1CCCN1C(=O)C(Cc1ccc(O)cc1)NC(=O)C(N)Cc1ccccc1)C(=O)O. The smallest absolute Gasteiger partial charge is 0.326 e. The van der Waals surface area contributed by atoms with E-state index in [-0.39, 0.29) is 24.5 Å². The van der Waals surface area contributed by atoms with Crippen molar-refractivity contribution in [2.45, 2.75) is 70.1 Å². The third kappa shape index (κ3) is 8.03. The fourth-order valence-corrected chi connectivity index (χ4v) is 4.74. The van der Waals surface area contributed by atoms with E-state index in [1.807, 2.05) is 37.3 Å². The van der Waals surface area contributed by atoms with Gasteiger partial charge in [0.05, 0.1) is 6.04 Å². The van der Waals surface area contributed by atoms with Crippen LogP contribution in [0.1, 0.15) is 44.2 Å². The molecule has 0 bridgehead atoms. The lowest BCUT2D eigenvalue weighted by atomic mass is 9.98. The molecule has 0 radical (unpaired) electrons. The fourth-order valence-electron chi connectivity index (χ4n) is 4.74. The largest absolute Gasteiger partial charge is 0.508 e. The van der Waals surface area contributed by atoms with Gasteiger partial charge in [-0.15, -0.1) is 0 Å². The number of hydrogen-bond donors (Lipinski definition) is 5. The highest BCUT2D eigenvalue weighted by Crippen LogP contribution is 2.21. The van der Waals surface area contributed by atoms with E-state index in [9.17, 15) is 29.4 Å². The monoisotopic (exact) mass is 538 g/mol. The number of likely N-dealkylation sites (tertiary alicyclic amines) is 1. The van der Waals surface area contributed by atoms with Crippen molar-refractivity contribution < 1.29 is 29.4 Å². The van der Waals surface area contributed by atoms with Crippen LogP contribution in [0.15, 0.2) is 54.6 Å². The number of phenols is 1. The van der Waals surface area contributed by atoms with Crippen molar-refractivity contribution in [2.75, 3.05) is 6.54 Å². The number of carbonyl (C=O) groups excluding carboxylic acids is 3. The summed E-state index contributed by atoms with van der Waals surface area (Å²) in [6.45, 7) is 3.89. The Hall–Kier alpha value is -3.92. The second-order valence-electron chi connectivity index (χ2n) is 10.1. The Morgan fingerprint density at radius 1 is 1.00 bits per heavy atom. The number of carbonyl (C=O) groups is 4. The van der Waals surface area contributed by atoms with E-state index in [1.54, 1.807) is 19.1 Å². The lowest BCUT2D eigenvalue weighted by molar-refractivity contribution is -0.146. The Kier molecular flexibility index (Phi) is 10.4. The summed E-state index contributed by atoms with van der Waals surface area (Å²) in [5.74, 6) is -2.82. The van der Waals surface area contributed by atoms with E-state index in [0.29, 0.717) is 31.4 Å². The topological polar surface area (TPSA) is 162 Å². The molecular formula is C29H38N4O6. The van der Waals surface area contributed by atoms with Crippen molar-refractivity contribution >= 4 is 23.7 Å².